The summed E-state index contributed by atoms with van der Waals surface area (Å²) >= 11 is 0. The Morgan fingerprint density at radius 1 is 1.10 bits per heavy atom. The molecule has 0 aliphatic rings. The van der Waals surface area contributed by atoms with E-state index in [1.165, 1.54) is 12.1 Å². The number of hydrogen-bond acceptors (Lipinski definition) is 4. The summed E-state index contributed by atoms with van der Waals surface area (Å²) in [5, 5.41) is 2.87. The molecule has 0 spiro atoms. The molecule has 3 rings (SSSR count). The fraction of sp³-hybridized carbons (Fsp3) is 0.273. The van der Waals surface area contributed by atoms with E-state index in [0.717, 1.165) is 24.4 Å². The highest BCUT2D eigenvalue weighted by Crippen LogP contribution is 2.20. The van der Waals surface area contributed by atoms with Gasteiger partial charge in [0.1, 0.15) is 5.82 Å². The Morgan fingerprint density at radius 2 is 1.90 bits per heavy atom. The van der Waals surface area contributed by atoms with Gasteiger partial charge in [-0.05, 0) is 62.6 Å². The summed E-state index contributed by atoms with van der Waals surface area (Å²) in [5.41, 5.74) is 2.50. The molecule has 0 saturated heterocycles. The van der Waals surface area contributed by atoms with Crippen molar-refractivity contribution in [3.05, 3.63) is 77.4 Å². The lowest BCUT2D eigenvalue weighted by Gasteiger charge is -2.12. The van der Waals surface area contributed by atoms with Crippen molar-refractivity contribution in [3.8, 4) is 0 Å². The summed E-state index contributed by atoms with van der Waals surface area (Å²) < 4.78 is 30.1. The Balaban J connectivity index is 1.67. The van der Waals surface area contributed by atoms with Crippen molar-refractivity contribution in [1.82, 2.24) is 14.9 Å². The first-order valence-corrected chi connectivity index (χ1v) is 11.2. The lowest BCUT2D eigenvalue weighted by Crippen LogP contribution is -2.26. The summed E-state index contributed by atoms with van der Waals surface area (Å²) in [7, 11) is -3.80. The van der Waals surface area contributed by atoms with Crippen LogP contribution in [0, 0.1) is 20.8 Å². The molecule has 0 bridgehead atoms. The number of benzene rings is 2. The van der Waals surface area contributed by atoms with Gasteiger partial charge in [0.25, 0.3) is 15.9 Å². The zero-order chi connectivity index (χ0) is 21.7. The van der Waals surface area contributed by atoms with Crippen LogP contribution in [-0.4, -0.2) is 30.4 Å². The number of imidazole rings is 1. The third-order valence-electron chi connectivity index (χ3n) is 4.82. The Kier molecular flexibility index (Phi) is 6.56. The van der Waals surface area contributed by atoms with Crippen LogP contribution in [-0.2, 0) is 16.6 Å². The summed E-state index contributed by atoms with van der Waals surface area (Å²) in [6.07, 6.45) is 4.39. The van der Waals surface area contributed by atoms with Crippen LogP contribution >= 0.6 is 0 Å². The van der Waals surface area contributed by atoms with Gasteiger partial charge in [-0.2, -0.15) is 0 Å². The average Bonchev–Trinajstić information content (AvgIpc) is 3.09. The van der Waals surface area contributed by atoms with E-state index in [0.29, 0.717) is 23.4 Å². The predicted octanol–water partition coefficient (Wildman–Crippen LogP) is 3.43. The molecule has 0 saturated carbocycles. The van der Waals surface area contributed by atoms with Crippen molar-refractivity contribution in [2.24, 2.45) is 0 Å². The number of carbonyl (C=O) groups excluding carboxylic acids is 1. The maximum Gasteiger partial charge on any atom is 0.261 e. The van der Waals surface area contributed by atoms with Crippen molar-refractivity contribution in [1.29, 1.82) is 0 Å². The lowest BCUT2D eigenvalue weighted by molar-refractivity contribution is 0.0952. The van der Waals surface area contributed by atoms with Gasteiger partial charge in [-0.1, -0.05) is 18.2 Å². The highest BCUT2D eigenvalue weighted by Gasteiger charge is 2.18. The fourth-order valence-electron chi connectivity index (χ4n) is 3.12. The Morgan fingerprint density at radius 3 is 2.60 bits per heavy atom. The van der Waals surface area contributed by atoms with E-state index in [1.807, 2.05) is 30.7 Å². The van der Waals surface area contributed by atoms with Crippen molar-refractivity contribution >= 4 is 21.6 Å². The summed E-state index contributed by atoms with van der Waals surface area (Å²) in [6.45, 7) is 6.83. The fourth-order valence-corrected chi connectivity index (χ4v) is 4.20. The van der Waals surface area contributed by atoms with Gasteiger partial charge in [0, 0.05) is 36.7 Å². The molecule has 2 N–H and O–H groups in total. The van der Waals surface area contributed by atoms with Gasteiger partial charge in [-0.15, -0.1) is 0 Å². The number of amides is 1. The van der Waals surface area contributed by atoms with Crippen LogP contribution in [0.25, 0.3) is 0 Å². The second-order valence-electron chi connectivity index (χ2n) is 7.23. The molecule has 7 nitrogen and oxygen atoms in total. The smallest absolute Gasteiger partial charge is 0.261 e. The van der Waals surface area contributed by atoms with Gasteiger partial charge in [-0.25, -0.2) is 13.4 Å². The number of rotatable bonds is 8. The molecule has 2 aromatic carbocycles. The standard InChI is InChI=1S/C22H26N4O3S/c1-16-6-4-7-19(14-16)25-30(28,29)20-9-8-17(2)21(15-20)22(27)24-10-5-12-26-13-11-23-18(26)3/h4,6-9,11,13-15,25H,5,10,12H2,1-3H3,(H,24,27). The molecule has 30 heavy (non-hydrogen) atoms. The quantitative estimate of drug-likeness (QED) is 0.540. The summed E-state index contributed by atoms with van der Waals surface area (Å²) in [6, 6.07) is 11.7. The Hall–Kier alpha value is -3.13. The number of nitrogens with zero attached hydrogens (tertiary/aromatic N) is 2. The zero-order valence-corrected chi connectivity index (χ0v) is 18.2. The molecular weight excluding hydrogens is 400 g/mol. The van der Waals surface area contributed by atoms with Crippen molar-refractivity contribution in [2.75, 3.05) is 11.3 Å². The molecule has 0 fully saturated rings. The van der Waals surface area contributed by atoms with Crippen LogP contribution in [0.3, 0.4) is 0 Å². The molecule has 1 aromatic heterocycles. The van der Waals surface area contributed by atoms with Crippen LogP contribution in [0.4, 0.5) is 5.69 Å². The Bertz CT molecular complexity index is 1150. The van der Waals surface area contributed by atoms with E-state index in [1.54, 1.807) is 37.4 Å². The van der Waals surface area contributed by atoms with Gasteiger partial charge in [0.05, 0.1) is 4.90 Å². The average molecular weight is 427 g/mol. The van der Waals surface area contributed by atoms with E-state index in [2.05, 4.69) is 15.0 Å². The van der Waals surface area contributed by atoms with Gasteiger partial charge in [-0.3, -0.25) is 9.52 Å². The highest BCUT2D eigenvalue weighted by atomic mass is 32.2. The van der Waals surface area contributed by atoms with Crippen LogP contribution in [0.2, 0.25) is 0 Å². The molecule has 0 unspecified atom stereocenters. The molecule has 8 heteroatoms. The maximum atomic E-state index is 12.8. The largest absolute Gasteiger partial charge is 0.352 e. The molecule has 0 atom stereocenters. The second kappa shape index (κ2) is 9.13. The first kappa shape index (κ1) is 21.6. The maximum absolute atomic E-state index is 12.8. The normalized spacial score (nSPS) is 11.3. The number of hydrogen-bond donors (Lipinski definition) is 2. The third-order valence-corrected chi connectivity index (χ3v) is 6.20. The minimum absolute atomic E-state index is 0.0498. The van der Waals surface area contributed by atoms with Gasteiger partial charge >= 0.3 is 0 Å². The molecule has 0 aliphatic carbocycles. The minimum atomic E-state index is -3.80. The minimum Gasteiger partial charge on any atom is -0.352 e. The summed E-state index contributed by atoms with van der Waals surface area (Å²) in [5.74, 6) is 0.638. The predicted molar refractivity (Wildman–Crippen MR) is 117 cm³/mol. The van der Waals surface area contributed by atoms with E-state index >= 15 is 0 Å². The third kappa shape index (κ3) is 5.27. The lowest BCUT2D eigenvalue weighted by atomic mass is 10.1. The molecule has 158 valence electrons. The zero-order valence-electron chi connectivity index (χ0n) is 17.3. The number of carbonyl (C=O) groups is 1. The van der Waals surface area contributed by atoms with E-state index in [4.69, 9.17) is 0 Å². The van der Waals surface area contributed by atoms with E-state index in [-0.39, 0.29) is 10.8 Å². The van der Waals surface area contributed by atoms with Crippen LogP contribution in [0.5, 0.6) is 0 Å². The SMILES string of the molecule is Cc1cccc(NS(=O)(=O)c2ccc(C)c(C(=O)NCCCn3ccnc3C)c2)c1. The number of sulfonamides is 1. The molecule has 3 aromatic rings. The number of anilines is 1. The van der Waals surface area contributed by atoms with Gasteiger partial charge < -0.3 is 9.88 Å². The van der Waals surface area contributed by atoms with Crippen molar-refractivity contribution in [2.45, 2.75) is 38.6 Å². The molecule has 1 heterocycles. The van der Waals surface area contributed by atoms with Crippen LogP contribution in [0.15, 0.2) is 59.8 Å². The summed E-state index contributed by atoms with van der Waals surface area (Å²) in [4.78, 5) is 16.9. The topological polar surface area (TPSA) is 93.1 Å². The van der Waals surface area contributed by atoms with Crippen LogP contribution < -0.4 is 10.0 Å². The van der Waals surface area contributed by atoms with Crippen molar-refractivity contribution in [3.63, 3.8) is 0 Å². The molecule has 0 aliphatic heterocycles. The second-order valence-corrected chi connectivity index (χ2v) is 8.91. The van der Waals surface area contributed by atoms with Gasteiger partial charge in [0.15, 0.2) is 0 Å². The molecular formula is C22H26N4O3S. The molecule has 1 amide bonds. The highest BCUT2D eigenvalue weighted by molar-refractivity contribution is 7.92. The van der Waals surface area contributed by atoms with Crippen molar-refractivity contribution < 1.29 is 13.2 Å². The number of nitrogens with one attached hydrogen (secondary N) is 2. The van der Waals surface area contributed by atoms with Gasteiger partial charge in [0.2, 0.25) is 0 Å². The van der Waals surface area contributed by atoms with E-state index < -0.39 is 10.0 Å². The first-order chi connectivity index (χ1) is 14.3. The monoisotopic (exact) mass is 426 g/mol. The van der Waals surface area contributed by atoms with E-state index in [9.17, 15) is 13.2 Å². The first-order valence-electron chi connectivity index (χ1n) is 9.72. The number of aromatic nitrogens is 2. The number of aryl methyl sites for hydroxylation is 4. The molecule has 0 radical (unpaired) electrons. The Labute approximate surface area is 177 Å². The van der Waals surface area contributed by atoms with Crippen LogP contribution in [0.1, 0.15) is 33.7 Å².